The van der Waals surface area contributed by atoms with E-state index in [0.717, 1.165) is 0 Å². The maximum atomic E-state index is 11.9. The van der Waals surface area contributed by atoms with Crippen LogP contribution in [0.3, 0.4) is 0 Å². The van der Waals surface area contributed by atoms with Crippen LogP contribution < -0.4 is 25.8 Å². The Morgan fingerprint density at radius 2 is 1.87 bits per heavy atom. The topological polar surface area (TPSA) is 103 Å². The fraction of sp³-hybridized carbons (Fsp3) is 0.467. The van der Waals surface area contributed by atoms with Crippen LogP contribution >= 0.6 is 12.4 Å². The van der Waals surface area contributed by atoms with Gasteiger partial charge in [-0.1, -0.05) is 13.8 Å². The molecule has 0 radical (unpaired) electrons. The van der Waals surface area contributed by atoms with E-state index in [4.69, 9.17) is 15.2 Å². The highest BCUT2D eigenvalue weighted by molar-refractivity contribution is 5.95. The molecule has 1 heterocycles. The quantitative estimate of drug-likeness (QED) is 0.685. The van der Waals surface area contributed by atoms with Gasteiger partial charge in [0.25, 0.3) is 0 Å². The summed E-state index contributed by atoms with van der Waals surface area (Å²) in [6.07, 6.45) is 0.633. The molecule has 2 rings (SSSR count). The number of ether oxygens (including phenoxy) is 2. The fourth-order valence-electron chi connectivity index (χ4n) is 2.04. The molecule has 23 heavy (non-hydrogen) atoms. The number of hydrogen-bond donors (Lipinski definition) is 3. The number of nitrogen functional groups attached to an aromatic ring is 1. The van der Waals surface area contributed by atoms with Crippen LogP contribution in [-0.2, 0) is 9.59 Å². The number of nitrogens with two attached hydrogens (primary N) is 1. The fourth-order valence-corrected chi connectivity index (χ4v) is 2.04. The van der Waals surface area contributed by atoms with Crippen molar-refractivity contribution in [2.24, 2.45) is 5.92 Å². The minimum Gasteiger partial charge on any atom is -0.454 e. The molecular weight excluding hydrogens is 322 g/mol. The van der Waals surface area contributed by atoms with Crippen LogP contribution in [0.5, 0.6) is 11.5 Å². The molecule has 0 bridgehead atoms. The second kappa shape index (κ2) is 8.47. The second-order valence-corrected chi connectivity index (χ2v) is 5.54. The summed E-state index contributed by atoms with van der Waals surface area (Å²) in [5, 5.41) is 5.41. The third-order valence-corrected chi connectivity index (χ3v) is 3.09. The Labute approximate surface area is 141 Å². The van der Waals surface area contributed by atoms with E-state index in [-0.39, 0.29) is 37.4 Å². The Morgan fingerprint density at radius 3 is 2.52 bits per heavy atom. The first-order valence-corrected chi connectivity index (χ1v) is 7.21. The summed E-state index contributed by atoms with van der Waals surface area (Å²) in [6.45, 7) is 4.37. The summed E-state index contributed by atoms with van der Waals surface area (Å²) in [7, 11) is 0. The minimum absolute atomic E-state index is 0. The van der Waals surface area contributed by atoms with Crippen LogP contribution in [-0.4, -0.2) is 25.2 Å². The number of fused-ring (bicyclic) bond motifs is 1. The molecule has 0 spiro atoms. The Morgan fingerprint density at radius 1 is 1.22 bits per heavy atom. The van der Waals surface area contributed by atoms with Crippen molar-refractivity contribution < 1.29 is 19.1 Å². The van der Waals surface area contributed by atoms with Gasteiger partial charge in [-0.2, -0.15) is 0 Å². The van der Waals surface area contributed by atoms with E-state index in [0.29, 0.717) is 41.8 Å². The first-order valence-electron chi connectivity index (χ1n) is 7.21. The van der Waals surface area contributed by atoms with E-state index >= 15 is 0 Å². The molecule has 0 atom stereocenters. The molecule has 8 heteroatoms. The highest BCUT2D eigenvalue weighted by atomic mass is 35.5. The van der Waals surface area contributed by atoms with Crippen molar-refractivity contribution in [2.75, 3.05) is 24.4 Å². The molecule has 0 saturated carbocycles. The van der Waals surface area contributed by atoms with Gasteiger partial charge < -0.3 is 25.8 Å². The van der Waals surface area contributed by atoms with Gasteiger partial charge in [0.05, 0.1) is 11.4 Å². The lowest BCUT2D eigenvalue weighted by atomic mass is 10.1. The number of halogens is 1. The SMILES string of the molecule is CC(C)CC(=O)NCCC(=O)Nc1cc2c(cc1N)OCO2.Cl. The maximum absolute atomic E-state index is 11.9. The molecule has 0 aliphatic carbocycles. The van der Waals surface area contributed by atoms with Gasteiger partial charge in [-0.05, 0) is 5.92 Å². The average Bonchev–Trinajstić information content (AvgIpc) is 2.85. The number of amides is 2. The highest BCUT2D eigenvalue weighted by Crippen LogP contribution is 2.38. The van der Waals surface area contributed by atoms with E-state index in [1.54, 1.807) is 12.1 Å². The van der Waals surface area contributed by atoms with Crippen LogP contribution in [0.1, 0.15) is 26.7 Å². The van der Waals surface area contributed by atoms with Crippen LogP contribution in [0.4, 0.5) is 11.4 Å². The van der Waals surface area contributed by atoms with Crippen molar-refractivity contribution in [3.05, 3.63) is 12.1 Å². The monoisotopic (exact) mass is 343 g/mol. The van der Waals surface area contributed by atoms with Crippen molar-refractivity contribution in [1.82, 2.24) is 5.32 Å². The van der Waals surface area contributed by atoms with Crippen molar-refractivity contribution in [3.63, 3.8) is 0 Å². The summed E-state index contributed by atoms with van der Waals surface area (Å²) in [6, 6.07) is 3.25. The maximum Gasteiger partial charge on any atom is 0.231 e. The van der Waals surface area contributed by atoms with Gasteiger partial charge in [0.15, 0.2) is 11.5 Å². The summed E-state index contributed by atoms with van der Waals surface area (Å²) >= 11 is 0. The molecule has 2 amide bonds. The molecule has 1 aliphatic rings. The molecule has 0 saturated heterocycles. The Kier molecular flexibility index (Phi) is 6.96. The van der Waals surface area contributed by atoms with Gasteiger partial charge in [0.2, 0.25) is 18.6 Å². The number of rotatable bonds is 6. The predicted octanol–water partition coefficient (Wildman–Crippen LogP) is 1.91. The molecule has 4 N–H and O–H groups in total. The smallest absolute Gasteiger partial charge is 0.231 e. The average molecular weight is 344 g/mol. The number of hydrogen-bond acceptors (Lipinski definition) is 5. The van der Waals surface area contributed by atoms with Crippen LogP contribution in [0.2, 0.25) is 0 Å². The lowest BCUT2D eigenvalue weighted by Crippen LogP contribution is -2.28. The zero-order valence-corrected chi connectivity index (χ0v) is 14.0. The summed E-state index contributed by atoms with van der Waals surface area (Å²) in [4.78, 5) is 23.4. The van der Waals surface area contributed by atoms with Gasteiger partial charge in [-0.3, -0.25) is 9.59 Å². The van der Waals surface area contributed by atoms with Crippen molar-refractivity contribution in [3.8, 4) is 11.5 Å². The van der Waals surface area contributed by atoms with Crippen LogP contribution in [0.15, 0.2) is 12.1 Å². The largest absolute Gasteiger partial charge is 0.454 e. The van der Waals surface area contributed by atoms with Crippen molar-refractivity contribution in [2.45, 2.75) is 26.7 Å². The number of anilines is 2. The molecule has 0 aromatic heterocycles. The summed E-state index contributed by atoms with van der Waals surface area (Å²) in [5.41, 5.74) is 6.73. The van der Waals surface area contributed by atoms with E-state index in [2.05, 4.69) is 10.6 Å². The van der Waals surface area contributed by atoms with Gasteiger partial charge in [0.1, 0.15) is 0 Å². The number of carbonyl (C=O) groups is 2. The number of benzene rings is 1. The van der Waals surface area contributed by atoms with Crippen molar-refractivity contribution in [1.29, 1.82) is 0 Å². The molecule has 1 aromatic rings. The molecule has 0 fully saturated rings. The van der Waals surface area contributed by atoms with E-state index in [1.807, 2.05) is 13.8 Å². The number of nitrogens with one attached hydrogen (secondary N) is 2. The molecule has 1 aliphatic heterocycles. The molecule has 128 valence electrons. The lowest BCUT2D eigenvalue weighted by Gasteiger charge is -2.10. The molecular formula is C15H22ClN3O4. The zero-order valence-electron chi connectivity index (χ0n) is 13.2. The summed E-state index contributed by atoms with van der Waals surface area (Å²) < 4.78 is 10.4. The second-order valence-electron chi connectivity index (χ2n) is 5.54. The third-order valence-electron chi connectivity index (χ3n) is 3.09. The standard InChI is InChI=1S/C15H21N3O4.ClH/c1-9(2)5-15(20)17-4-3-14(19)18-11-7-13-12(6-10(11)16)21-8-22-13;/h6-7,9H,3-5,8,16H2,1-2H3,(H,17,20)(H,18,19);1H. The first-order chi connectivity index (χ1) is 10.5. The van der Waals surface area contributed by atoms with E-state index in [1.165, 1.54) is 0 Å². The van der Waals surface area contributed by atoms with E-state index in [9.17, 15) is 9.59 Å². The number of carbonyl (C=O) groups excluding carboxylic acids is 2. The van der Waals surface area contributed by atoms with E-state index < -0.39 is 0 Å². The first kappa shape index (κ1) is 18.9. The van der Waals surface area contributed by atoms with Gasteiger partial charge in [-0.15, -0.1) is 12.4 Å². The van der Waals surface area contributed by atoms with Crippen LogP contribution in [0, 0.1) is 5.92 Å². The Balaban J connectivity index is 0.00000264. The minimum atomic E-state index is -0.226. The van der Waals surface area contributed by atoms with Crippen molar-refractivity contribution >= 4 is 35.6 Å². The van der Waals surface area contributed by atoms with Gasteiger partial charge >= 0.3 is 0 Å². The highest BCUT2D eigenvalue weighted by Gasteiger charge is 2.17. The predicted molar refractivity (Wildman–Crippen MR) is 89.9 cm³/mol. The van der Waals surface area contributed by atoms with Crippen LogP contribution in [0.25, 0.3) is 0 Å². The lowest BCUT2D eigenvalue weighted by molar-refractivity contribution is -0.122. The molecule has 7 nitrogen and oxygen atoms in total. The molecule has 1 aromatic carbocycles. The third kappa shape index (κ3) is 5.52. The van der Waals surface area contributed by atoms with Gasteiger partial charge in [-0.25, -0.2) is 0 Å². The summed E-state index contributed by atoms with van der Waals surface area (Å²) in [5.74, 6) is 1.13. The Bertz CT molecular complexity index is 578. The van der Waals surface area contributed by atoms with Gasteiger partial charge in [0, 0.05) is 31.5 Å². The molecule has 0 unspecified atom stereocenters. The Hall–Kier alpha value is -2.15. The normalized spacial score (nSPS) is 11.8. The zero-order chi connectivity index (χ0) is 16.1.